The number of benzene rings is 1. The van der Waals surface area contributed by atoms with Gasteiger partial charge in [0.25, 0.3) is 0 Å². The number of unbranched alkanes of at least 4 members (excludes halogenated alkanes) is 2. The van der Waals surface area contributed by atoms with Crippen LogP contribution < -0.4 is 0 Å². The van der Waals surface area contributed by atoms with Crippen LogP contribution in [0.5, 0.6) is 0 Å². The molecule has 0 aliphatic heterocycles. The smallest absolute Gasteiger partial charge is 0.113 e. The normalized spacial score (nSPS) is 13.3. The molecule has 2 unspecified atom stereocenters. The van der Waals surface area contributed by atoms with Gasteiger partial charge in [-0.15, -0.1) is 5.10 Å². The first-order chi connectivity index (χ1) is 14.2. The number of fused-ring (bicyclic) bond motifs is 1. The summed E-state index contributed by atoms with van der Waals surface area (Å²) in [4.78, 5) is 2.65. The van der Waals surface area contributed by atoms with E-state index in [1.54, 1.807) is 0 Å². The van der Waals surface area contributed by atoms with Crippen LogP contribution in [0.25, 0.3) is 11.0 Å². The van der Waals surface area contributed by atoms with E-state index in [4.69, 9.17) is 0 Å². The molecule has 0 saturated carbocycles. The lowest BCUT2D eigenvalue weighted by molar-refractivity contribution is 0.139. The van der Waals surface area contributed by atoms with Crippen molar-refractivity contribution in [3.05, 3.63) is 24.3 Å². The molecule has 0 amide bonds. The summed E-state index contributed by atoms with van der Waals surface area (Å²) in [6.07, 6.45) is 10.5. The summed E-state index contributed by atoms with van der Waals surface area (Å²) < 4.78 is 2.09. The Kier molecular flexibility index (Phi) is 13.6. The predicted octanol–water partition coefficient (Wildman–Crippen LogP) is 7.15. The van der Waals surface area contributed by atoms with E-state index in [1.807, 2.05) is 19.9 Å². The lowest BCUT2D eigenvalue weighted by Crippen LogP contribution is -2.36. The second-order valence-electron chi connectivity index (χ2n) is 8.09. The average molecular weight is 403 g/mol. The summed E-state index contributed by atoms with van der Waals surface area (Å²) >= 11 is 0. The SMILES string of the molecule is CC.CCCCC(CC)CN(CC(CC)CCCC)Cn1nnc2ccccc21. The zero-order valence-electron chi connectivity index (χ0n) is 20.0. The summed E-state index contributed by atoms with van der Waals surface area (Å²) in [6, 6.07) is 8.30. The van der Waals surface area contributed by atoms with E-state index in [2.05, 4.69) is 65.8 Å². The molecule has 1 aromatic carbocycles. The number of nitrogens with zero attached hydrogens (tertiary/aromatic N) is 4. The molecule has 29 heavy (non-hydrogen) atoms. The van der Waals surface area contributed by atoms with Crippen molar-refractivity contribution in [3.8, 4) is 0 Å². The Bertz CT molecular complexity index is 619. The fourth-order valence-corrected chi connectivity index (χ4v) is 3.97. The molecule has 1 heterocycles. The maximum atomic E-state index is 4.45. The van der Waals surface area contributed by atoms with Crippen LogP contribution in [-0.2, 0) is 6.67 Å². The molecule has 0 aliphatic carbocycles. The highest BCUT2D eigenvalue weighted by Crippen LogP contribution is 2.20. The van der Waals surface area contributed by atoms with Gasteiger partial charge < -0.3 is 0 Å². The van der Waals surface area contributed by atoms with Crippen molar-refractivity contribution in [1.82, 2.24) is 19.9 Å². The van der Waals surface area contributed by atoms with Crippen LogP contribution in [0.15, 0.2) is 24.3 Å². The van der Waals surface area contributed by atoms with Crippen LogP contribution in [-0.4, -0.2) is 33.0 Å². The molecule has 2 atom stereocenters. The number of aromatic nitrogens is 3. The van der Waals surface area contributed by atoms with Crippen LogP contribution in [0.3, 0.4) is 0 Å². The molecule has 0 bridgehead atoms. The van der Waals surface area contributed by atoms with Gasteiger partial charge in [0.05, 0.1) is 12.2 Å². The van der Waals surface area contributed by atoms with E-state index in [9.17, 15) is 0 Å². The van der Waals surface area contributed by atoms with Crippen molar-refractivity contribution in [3.63, 3.8) is 0 Å². The standard InChI is InChI=1S/C23H40N4.C2H6/c1-5-9-13-20(7-3)17-26(18-21(8-4)14-10-6-2)19-27-23-16-12-11-15-22(23)24-25-27;1-2/h11-12,15-16,20-21H,5-10,13-14,17-19H2,1-4H3;1-2H3. The Balaban J connectivity index is 0.00000204. The van der Waals surface area contributed by atoms with Crippen LogP contribution in [0.4, 0.5) is 0 Å². The van der Waals surface area contributed by atoms with E-state index in [0.29, 0.717) is 0 Å². The summed E-state index contributed by atoms with van der Waals surface area (Å²) in [6.45, 7) is 16.5. The van der Waals surface area contributed by atoms with E-state index in [1.165, 1.54) is 64.5 Å². The Morgan fingerprint density at radius 2 is 1.41 bits per heavy atom. The molecule has 0 N–H and O–H groups in total. The van der Waals surface area contributed by atoms with Gasteiger partial charge in [0.15, 0.2) is 0 Å². The summed E-state index contributed by atoms with van der Waals surface area (Å²) in [5, 5.41) is 8.81. The highest BCUT2D eigenvalue weighted by atomic mass is 15.5. The topological polar surface area (TPSA) is 34.0 Å². The molecule has 0 fully saturated rings. The van der Waals surface area contributed by atoms with Gasteiger partial charge in [0.1, 0.15) is 5.52 Å². The molecule has 0 saturated heterocycles. The fourth-order valence-electron chi connectivity index (χ4n) is 3.97. The van der Waals surface area contributed by atoms with Gasteiger partial charge in [-0.05, 0) is 36.8 Å². The van der Waals surface area contributed by atoms with Gasteiger partial charge in [-0.1, -0.05) is 97.4 Å². The van der Waals surface area contributed by atoms with E-state index < -0.39 is 0 Å². The number of hydrogen-bond acceptors (Lipinski definition) is 3. The molecular formula is C25H46N4. The van der Waals surface area contributed by atoms with Crippen molar-refractivity contribution in [2.45, 2.75) is 99.6 Å². The third-order valence-electron chi connectivity index (χ3n) is 5.87. The van der Waals surface area contributed by atoms with Crippen molar-refractivity contribution in [2.24, 2.45) is 11.8 Å². The maximum absolute atomic E-state index is 4.45. The van der Waals surface area contributed by atoms with Gasteiger partial charge in [-0.25, -0.2) is 4.68 Å². The third-order valence-corrected chi connectivity index (χ3v) is 5.87. The molecular weight excluding hydrogens is 356 g/mol. The number of rotatable bonds is 14. The first-order valence-corrected chi connectivity index (χ1v) is 12.2. The Hall–Kier alpha value is -1.42. The van der Waals surface area contributed by atoms with Crippen molar-refractivity contribution < 1.29 is 0 Å². The summed E-state index contributed by atoms with van der Waals surface area (Å²) in [5.74, 6) is 1.56. The first-order valence-electron chi connectivity index (χ1n) is 12.2. The van der Waals surface area contributed by atoms with Crippen molar-refractivity contribution in [2.75, 3.05) is 13.1 Å². The Morgan fingerprint density at radius 1 is 0.862 bits per heavy atom. The van der Waals surface area contributed by atoms with E-state index >= 15 is 0 Å². The molecule has 4 nitrogen and oxygen atoms in total. The average Bonchev–Trinajstić information content (AvgIpc) is 3.18. The molecule has 0 spiro atoms. The van der Waals surface area contributed by atoms with Crippen LogP contribution >= 0.6 is 0 Å². The molecule has 166 valence electrons. The largest absolute Gasteiger partial charge is 0.284 e. The zero-order chi connectivity index (χ0) is 21.5. The predicted molar refractivity (Wildman–Crippen MR) is 127 cm³/mol. The fraction of sp³-hybridized carbons (Fsp3) is 0.760. The van der Waals surface area contributed by atoms with Gasteiger partial charge in [-0.2, -0.15) is 0 Å². The molecule has 2 aromatic rings. The van der Waals surface area contributed by atoms with Crippen LogP contribution in [0.2, 0.25) is 0 Å². The van der Waals surface area contributed by atoms with Crippen molar-refractivity contribution in [1.29, 1.82) is 0 Å². The van der Waals surface area contributed by atoms with Crippen LogP contribution in [0, 0.1) is 11.8 Å². The van der Waals surface area contributed by atoms with Gasteiger partial charge >= 0.3 is 0 Å². The van der Waals surface area contributed by atoms with Crippen molar-refractivity contribution >= 4 is 11.0 Å². The molecule has 0 radical (unpaired) electrons. The number of hydrogen-bond donors (Lipinski definition) is 0. The van der Waals surface area contributed by atoms with Crippen LogP contribution in [0.1, 0.15) is 92.9 Å². The first kappa shape index (κ1) is 25.6. The highest BCUT2D eigenvalue weighted by molar-refractivity contribution is 5.73. The van der Waals surface area contributed by atoms with Gasteiger partial charge in [-0.3, -0.25) is 4.90 Å². The van der Waals surface area contributed by atoms with E-state index in [0.717, 1.165) is 29.5 Å². The quantitative estimate of drug-likeness (QED) is 0.336. The third kappa shape index (κ3) is 8.86. The van der Waals surface area contributed by atoms with Gasteiger partial charge in [0.2, 0.25) is 0 Å². The number of para-hydroxylation sites is 1. The lowest BCUT2D eigenvalue weighted by Gasteiger charge is -2.30. The highest BCUT2D eigenvalue weighted by Gasteiger charge is 2.18. The molecule has 1 aromatic heterocycles. The Labute approximate surface area is 180 Å². The monoisotopic (exact) mass is 402 g/mol. The Morgan fingerprint density at radius 3 is 1.93 bits per heavy atom. The molecule has 0 aliphatic rings. The second kappa shape index (κ2) is 15.4. The second-order valence-corrected chi connectivity index (χ2v) is 8.09. The molecule has 4 heteroatoms. The minimum absolute atomic E-state index is 0.781. The zero-order valence-corrected chi connectivity index (χ0v) is 20.0. The maximum Gasteiger partial charge on any atom is 0.113 e. The minimum atomic E-state index is 0.781. The molecule has 2 rings (SSSR count). The summed E-state index contributed by atoms with van der Waals surface area (Å²) in [5.41, 5.74) is 2.14. The van der Waals surface area contributed by atoms with Gasteiger partial charge in [0, 0.05) is 13.1 Å². The lowest BCUT2D eigenvalue weighted by atomic mass is 9.96. The summed E-state index contributed by atoms with van der Waals surface area (Å²) in [7, 11) is 0. The van der Waals surface area contributed by atoms with E-state index in [-0.39, 0.29) is 0 Å². The minimum Gasteiger partial charge on any atom is -0.284 e.